The van der Waals surface area contributed by atoms with E-state index >= 15 is 0 Å². The fourth-order valence-electron chi connectivity index (χ4n) is 1.70. The zero-order chi connectivity index (χ0) is 9.90. The molecule has 0 unspecified atom stereocenters. The van der Waals surface area contributed by atoms with Gasteiger partial charge in [-0.3, -0.25) is 0 Å². The fourth-order valence-corrected chi connectivity index (χ4v) is 4.69. The highest BCUT2D eigenvalue weighted by molar-refractivity contribution is 6.62. The van der Waals surface area contributed by atoms with E-state index in [2.05, 4.69) is 0 Å². The molecule has 3 nitrogen and oxygen atoms in total. The lowest BCUT2D eigenvalue weighted by Crippen LogP contribution is -2.52. The molecule has 1 aliphatic carbocycles. The van der Waals surface area contributed by atoms with Crippen LogP contribution in [0.2, 0.25) is 5.54 Å². The first-order valence-corrected chi connectivity index (χ1v) is 6.73. The normalized spacial score (nSPS) is 19.2. The average molecular weight is 204 g/mol. The monoisotopic (exact) mass is 204 g/mol. The zero-order valence-electron chi connectivity index (χ0n) is 9.00. The second-order valence-electron chi connectivity index (χ2n) is 3.81. The lowest BCUT2D eigenvalue weighted by Gasteiger charge is -2.39. The molecule has 0 saturated heterocycles. The van der Waals surface area contributed by atoms with Crippen molar-refractivity contribution >= 4 is 8.80 Å². The summed E-state index contributed by atoms with van der Waals surface area (Å²) in [5.41, 5.74) is 0.532. The molecule has 1 aliphatic rings. The molecule has 0 N–H and O–H groups in total. The van der Waals surface area contributed by atoms with Gasteiger partial charge >= 0.3 is 8.80 Å². The highest BCUT2D eigenvalue weighted by Gasteiger charge is 2.51. The van der Waals surface area contributed by atoms with Crippen molar-refractivity contribution in [1.82, 2.24) is 0 Å². The zero-order valence-corrected chi connectivity index (χ0v) is 10.0. The molecular formula is C9H20O3Si. The summed E-state index contributed by atoms with van der Waals surface area (Å²) in [6.45, 7) is 4.05. The second kappa shape index (κ2) is 4.55. The van der Waals surface area contributed by atoms with E-state index in [0.717, 1.165) is 0 Å². The molecule has 1 saturated carbocycles. The molecule has 0 radical (unpaired) electrons. The molecule has 0 heterocycles. The van der Waals surface area contributed by atoms with Gasteiger partial charge in [0, 0.05) is 25.9 Å². The molecule has 0 atom stereocenters. The lowest BCUT2D eigenvalue weighted by atomic mass is 10.00. The van der Waals surface area contributed by atoms with E-state index in [0.29, 0.717) is 5.54 Å². The lowest BCUT2D eigenvalue weighted by molar-refractivity contribution is 0.0506. The van der Waals surface area contributed by atoms with Crippen molar-refractivity contribution in [3.05, 3.63) is 0 Å². The summed E-state index contributed by atoms with van der Waals surface area (Å²) >= 11 is 0. The van der Waals surface area contributed by atoms with Crippen molar-refractivity contribution in [2.24, 2.45) is 0 Å². The van der Waals surface area contributed by atoms with Crippen molar-refractivity contribution < 1.29 is 13.3 Å². The molecule has 0 bridgehead atoms. The molecule has 0 amide bonds. The van der Waals surface area contributed by atoms with E-state index < -0.39 is 8.80 Å². The molecule has 4 heteroatoms. The molecular weight excluding hydrogens is 184 g/mol. The Morgan fingerprint density at radius 3 is 1.92 bits per heavy atom. The van der Waals surface area contributed by atoms with Crippen LogP contribution in [0.3, 0.4) is 0 Å². The first-order chi connectivity index (χ1) is 6.14. The molecule has 1 fully saturated rings. The van der Waals surface area contributed by atoms with Gasteiger partial charge in [0.25, 0.3) is 0 Å². The largest absolute Gasteiger partial charge is 0.503 e. The van der Waals surface area contributed by atoms with Crippen LogP contribution in [0.4, 0.5) is 0 Å². The minimum Gasteiger partial charge on any atom is -0.377 e. The Morgan fingerprint density at radius 1 is 1.15 bits per heavy atom. The molecule has 0 aromatic carbocycles. The van der Waals surface area contributed by atoms with Gasteiger partial charge in [-0.2, -0.15) is 0 Å². The van der Waals surface area contributed by atoms with Crippen LogP contribution in [0.15, 0.2) is 0 Å². The molecule has 78 valence electrons. The highest BCUT2D eigenvalue weighted by Crippen LogP contribution is 2.42. The Balaban J connectivity index is 2.59. The van der Waals surface area contributed by atoms with Gasteiger partial charge in [0.1, 0.15) is 0 Å². The van der Waals surface area contributed by atoms with Gasteiger partial charge in [-0.15, -0.1) is 0 Å². The summed E-state index contributed by atoms with van der Waals surface area (Å²) in [5.74, 6) is 0. The smallest absolute Gasteiger partial charge is 0.377 e. The van der Waals surface area contributed by atoms with E-state index in [9.17, 15) is 0 Å². The van der Waals surface area contributed by atoms with Gasteiger partial charge in [0.15, 0.2) is 0 Å². The third-order valence-electron chi connectivity index (χ3n) is 2.57. The Labute approximate surface area is 81.7 Å². The average Bonchev–Trinajstić information content (AvgIpc) is 1.99. The van der Waals surface area contributed by atoms with Gasteiger partial charge < -0.3 is 13.3 Å². The standard InChI is InChI=1S/C9H20O3Si/c1-8(2)12-13(10-3,11-4)9-6-5-7-9/h8-9H,5-7H2,1-4H3. The van der Waals surface area contributed by atoms with Crippen molar-refractivity contribution in [2.75, 3.05) is 14.2 Å². The second-order valence-corrected chi connectivity index (χ2v) is 6.88. The highest BCUT2D eigenvalue weighted by atomic mass is 28.4. The molecule has 0 aliphatic heterocycles. The topological polar surface area (TPSA) is 27.7 Å². The number of hydrogen-bond donors (Lipinski definition) is 0. The van der Waals surface area contributed by atoms with Crippen LogP contribution in [-0.4, -0.2) is 29.1 Å². The van der Waals surface area contributed by atoms with Crippen LogP contribution in [0.5, 0.6) is 0 Å². The summed E-state index contributed by atoms with van der Waals surface area (Å²) in [6, 6.07) is 0. The van der Waals surface area contributed by atoms with Crippen LogP contribution in [0.25, 0.3) is 0 Å². The maximum Gasteiger partial charge on any atom is 0.503 e. The first kappa shape index (κ1) is 11.2. The van der Waals surface area contributed by atoms with Gasteiger partial charge in [-0.05, 0) is 26.7 Å². The summed E-state index contributed by atoms with van der Waals surface area (Å²) in [6.07, 6.45) is 3.86. The van der Waals surface area contributed by atoms with E-state index in [1.165, 1.54) is 19.3 Å². The predicted molar refractivity (Wildman–Crippen MR) is 53.6 cm³/mol. The van der Waals surface area contributed by atoms with Gasteiger partial charge in [-0.25, -0.2) is 0 Å². The van der Waals surface area contributed by atoms with Crippen LogP contribution in [0, 0.1) is 0 Å². The van der Waals surface area contributed by atoms with Crippen molar-refractivity contribution in [3.63, 3.8) is 0 Å². The molecule has 13 heavy (non-hydrogen) atoms. The predicted octanol–water partition coefficient (Wildman–Crippen LogP) is 2.20. The maximum atomic E-state index is 5.83. The van der Waals surface area contributed by atoms with E-state index in [-0.39, 0.29) is 6.10 Å². The summed E-state index contributed by atoms with van der Waals surface area (Å²) in [5, 5.41) is 0. The van der Waals surface area contributed by atoms with Crippen molar-refractivity contribution in [2.45, 2.75) is 44.8 Å². The summed E-state index contributed by atoms with van der Waals surface area (Å²) in [4.78, 5) is 0. The summed E-state index contributed by atoms with van der Waals surface area (Å²) in [7, 11) is 1.09. The fraction of sp³-hybridized carbons (Fsp3) is 1.00. The maximum absolute atomic E-state index is 5.83. The van der Waals surface area contributed by atoms with Crippen LogP contribution in [0.1, 0.15) is 33.1 Å². The molecule has 0 aromatic rings. The Kier molecular flexibility index (Phi) is 3.91. The number of hydrogen-bond acceptors (Lipinski definition) is 3. The van der Waals surface area contributed by atoms with E-state index in [1.807, 2.05) is 13.8 Å². The third-order valence-corrected chi connectivity index (χ3v) is 6.09. The molecule has 0 aromatic heterocycles. The van der Waals surface area contributed by atoms with Gasteiger partial charge in [-0.1, -0.05) is 6.42 Å². The van der Waals surface area contributed by atoms with E-state index in [4.69, 9.17) is 13.3 Å². The van der Waals surface area contributed by atoms with Crippen LogP contribution in [-0.2, 0) is 13.3 Å². The van der Waals surface area contributed by atoms with E-state index in [1.54, 1.807) is 14.2 Å². The van der Waals surface area contributed by atoms with Gasteiger partial charge in [0.05, 0.1) is 0 Å². The van der Waals surface area contributed by atoms with Crippen molar-refractivity contribution in [1.29, 1.82) is 0 Å². The molecule has 0 spiro atoms. The SMILES string of the molecule is CO[Si](OC)(OC(C)C)C1CCC1. The van der Waals surface area contributed by atoms with Crippen LogP contribution < -0.4 is 0 Å². The number of rotatable bonds is 5. The first-order valence-electron chi connectivity index (χ1n) is 4.92. The van der Waals surface area contributed by atoms with Crippen LogP contribution >= 0.6 is 0 Å². The Bertz CT molecular complexity index is 153. The Morgan fingerprint density at radius 2 is 1.69 bits per heavy atom. The molecule has 1 rings (SSSR count). The van der Waals surface area contributed by atoms with Gasteiger partial charge in [0.2, 0.25) is 0 Å². The quantitative estimate of drug-likeness (QED) is 0.643. The summed E-state index contributed by atoms with van der Waals surface area (Å²) < 4.78 is 16.8. The minimum atomic E-state index is -2.32. The minimum absolute atomic E-state index is 0.187. The Hall–Kier alpha value is 0.0969. The van der Waals surface area contributed by atoms with Crippen molar-refractivity contribution in [3.8, 4) is 0 Å². The third kappa shape index (κ3) is 2.31.